The number of amides is 2. The maximum Gasteiger partial charge on any atom is 0.233 e. The van der Waals surface area contributed by atoms with Crippen molar-refractivity contribution < 1.29 is 25.7 Å². The number of imide groups is 1. The number of carbonyl (C=O) groups excluding carboxylic acids is 2. The highest BCUT2D eigenvalue weighted by Gasteiger charge is 2.63. The second-order valence-corrected chi connectivity index (χ2v) is 11.8. The molecule has 7 nitrogen and oxygen atoms in total. The molecule has 2 aliphatic heterocycles. The molecule has 36 heavy (non-hydrogen) atoms. The van der Waals surface area contributed by atoms with Crippen LogP contribution < -0.4 is 4.90 Å². The number of rotatable bonds is 5. The summed E-state index contributed by atoms with van der Waals surface area (Å²) in [4.78, 5) is 29.5. The first kappa shape index (κ1) is 16.0. The molecule has 0 spiro atoms. The molecule has 1 aromatic carbocycles. The summed E-state index contributed by atoms with van der Waals surface area (Å²) in [5, 5.41) is 10.8. The first-order valence-electron chi connectivity index (χ1n) is 17.1. The van der Waals surface area contributed by atoms with Gasteiger partial charge >= 0.3 is 0 Å². The number of likely N-dealkylation sites (tertiary alicyclic amines) is 1. The Morgan fingerprint density at radius 3 is 2.50 bits per heavy atom. The van der Waals surface area contributed by atoms with Gasteiger partial charge < -0.3 is 10.0 Å². The van der Waals surface area contributed by atoms with Gasteiger partial charge in [0.1, 0.15) is 5.82 Å². The maximum absolute atomic E-state index is 13.5. The van der Waals surface area contributed by atoms with Crippen LogP contribution in [0.1, 0.15) is 49.5 Å². The molecule has 0 unspecified atom stereocenters. The lowest BCUT2D eigenvalue weighted by atomic mass is 9.78. The molecule has 192 valence electrons. The first-order valence-corrected chi connectivity index (χ1v) is 13.8. The molecule has 5 aliphatic rings. The van der Waals surface area contributed by atoms with E-state index in [1.807, 2.05) is 0 Å². The van der Waals surface area contributed by atoms with E-state index in [1.54, 1.807) is 24.3 Å². The Kier molecular flexibility index (Phi) is 4.04. The highest BCUT2D eigenvalue weighted by molar-refractivity contribution is 7.13. The van der Waals surface area contributed by atoms with Crippen molar-refractivity contribution >= 4 is 39.3 Å². The number of carbonyl (C=O) groups is 2. The average Bonchev–Trinajstić information content (AvgIpc) is 3.70. The van der Waals surface area contributed by atoms with E-state index in [9.17, 15) is 14.7 Å². The normalized spacial score (nSPS) is 45.8. The summed E-state index contributed by atoms with van der Waals surface area (Å²) in [6, 6.07) is 6.81. The highest BCUT2D eigenvalue weighted by Crippen LogP contribution is 2.56. The van der Waals surface area contributed by atoms with E-state index in [0.29, 0.717) is 45.6 Å². The van der Waals surface area contributed by atoms with E-state index in [0.717, 1.165) is 24.4 Å². The van der Waals surface area contributed by atoms with Gasteiger partial charge in [-0.2, -0.15) is 4.37 Å². The summed E-state index contributed by atoms with van der Waals surface area (Å²) in [7, 11) is 0. The summed E-state index contributed by atoms with van der Waals surface area (Å²) in [6.45, 7) is -12.2. The summed E-state index contributed by atoms with van der Waals surface area (Å²) in [6.07, 6.45) is 3.40. The number of fused-ring (bicyclic) bond motifs is 6. The molecule has 3 saturated carbocycles. The molecular formula is C28H36N4O3S. The Hall–Kier alpha value is -2.03. The van der Waals surface area contributed by atoms with Crippen LogP contribution in [0.25, 0.3) is 10.1 Å². The van der Waals surface area contributed by atoms with Crippen LogP contribution in [0.15, 0.2) is 24.3 Å². The molecule has 7 rings (SSSR count). The number of aliphatic hydroxyl groups is 1. The van der Waals surface area contributed by atoms with Crippen molar-refractivity contribution in [2.75, 3.05) is 44.0 Å². The monoisotopic (exact) mass is 516 g/mol. The fraction of sp³-hybridized carbons (Fsp3) is 0.679. The van der Waals surface area contributed by atoms with E-state index in [2.05, 4.69) is 4.37 Å². The van der Waals surface area contributed by atoms with Crippen LogP contribution in [0, 0.1) is 35.5 Å². The van der Waals surface area contributed by atoms with Gasteiger partial charge in [-0.05, 0) is 73.0 Å². The number of benzene rings is 1. The standard InChI is InChI=1S/C28H36N4O3S/c33-22-14-19-13-21(22)25-24(19)27(34)32(28(25)35)16-18-6-2-1-5-17(18)15-30-9-11-31(12-10-30)26-20-7-3-4-8-23(20)36-29-26/h3-4,7-8,17-19,21-22,24-25,33H,1-2,5-6,9-16H2/t17-,18-,19+,21-,22-,24+,25-/m0/s1/i9D2,10D2,11D2,12D2. The van der Waals surface area contributed by atoms with Crippen molar-refractivity contribution in [3.63, 3.8) is 0 Å². The van der Waals surface area contributed by atoms with Crippen LogP contribution in [-0.4, -0.2) is 76.3 Å². The van der Waals surface area contributed by atoms with Gasteiger partial charge in [0.05, 0.1) is 28.1 Å². The minimum absolute atomic E-state index is 0.00121. The van der Waals surface area contributed by atoms with Gasteiger partial charge in [0.2, 0.25) is 11.8 Å². The lowest BCUT2D eigenvalue weighted by molar-refractivity contribution is -0.142. The molecule has 7 atom stereocenters. The second-order valence-electron chi connectivity index (χ2n) is 11.0. The van der Waals surface area contributed by atoms with Crippen molar-refractivity contribution in [1.29, 1.82) is 0 Å². The zero-order valence-corrected chi connectivity index (χ0v) is 20.8. The zero-order valence-electron chi connectivity index (χ0n) is 28.0. The molecule has 8 heteroatoms. The van der Waals surface area contributed by atoms with Crippen LogP contribution in [0.3, 0.4) is 0 Å². The van der Waals surface area contributed by atoms with E-state index in [-0.39, 0.29) is 48.5 Å². The Morgan fingerprint density at radius 1 is 0.972 bits per heavy atom. The Bertz CT molecular complexity index is 1480. The van der Waals surface area contributed by atoms with Gasteiger partial charge in [-0.25, -0.2) is 0 Å². The van der Waals surface area contributed by atoms with Crippen LogP contribution in [0.2, 0.25) is 0 Å². The smallest absolute Gasteiger partial charge is 0.233 e. The van der Waals surface area contributed by atoms with Crippen LogP contribution in [0.5, 0.6) is 0 Å². The number of anilines is 1. The van der Waals surface area contributed by atoms with Gasteiger partial charge in [0, 0.05) is 49.9 Å². The van der Waals surface area contributed by atoms with Gasteiger partial charge in [-0.3, -0.25) is 19.4 Å². The summed E-state index contributed by atoms with van der Waals surface area (Å²) in [5.41, 5.74) is 0. The third-order valence-electron chi connectivity index (χ3n) is 9.14. The first-order chi connectivity index (χ1) is 20.6. The molecular weight excluding hydrogens is 472 g/mol. The highest BCUT2D eigenvalue weighted by atomic mass is 32.1. The van der Waals surface area contributed by atoms with Gasteiger partial charge in [0.25, 0.3) is 0 Å². The molecule has 2 saturated heterocycles. The van der Waals surface area contributed by atoms with E-state index in [4.69, 9.17) is 11.0 Å². The summed E-state index contributed by atoms with van der Waals surface area (Å²) < 4.78 is 76.7. The summed E-state index contributed by atoms with van der Waals surface area (Å²) >= 11 is 1.01. The summed E-state index contributed by atoms with van der Waals surface area (Å²) in [5.74, 6) is -2.44. The molecule has 2 amide bonds. The topological polar surface area (TPSA) is 77.0 Å². The van der Waals surface area contributed by atoms with Crippen molar-refractivity contribution in [2.24, 2.45) is 35.5 Å². The Balaban J connectivity index is 1.18. The van der Waals surface area contributed by atoms with Crippen molar-refractivity contribution in [1.82, 2.24) is 14.2 Å². The van der Waals surface area contributed by atoms with Crippen molar-refractivity contribution in [3.8, 4) is 0 Å². The predicted molar refractivity (Wildman–Crippen MR) is 140 cm³/mol. The van der Waals surface area contributed by atoms with Crippen LogP contribution in [-0.2, 0) is 9.59 Å². The number of aliphatic hydroxyl groups excluding tert-OH is 1. The van der Waals surface area contributed by atoms with Crippen LogP contribution in [0.4, 0.5) is 5.82 Å². The number of hydrogen-bond acceptors (Lipinski definition) is 7. The quantitative estimate of drug-likeness (QED) is 0.615. The fourth-order valence-corrected chi connectivity index (χ4v) is 8.17. The fourth-order valence-electron chi connectivity index (χ4n) is 7.41. The molecule has 2 bridgehead atoms. The third-order valence-corrected chi connectivity index (χ3v) is 9.95. The Morgan fingerprint density at radius 2 is 1.69 bits per heavy atom. The molecule has 1 aromatic heterocycles. The molecule has 0 radical (unpaired) electrons. The zero-order chi connectivity index (χ0) is 31.6. The number of aromatic nitrogens is 1. The van der Waals surface area contributed by atoms with E-state index in [1.165, 1.54) is 4.90 Å². The largest absolute Gasteiger partial charge is 0.393 e. The van der Waals surface area contributed by atoms with Crippen LogP contribution >= 0.6 is 11.5 Å². The molecule has 2 aromatic rings. The number of hydrogen-bond donors (Lipinski definition) is 1. The van der Waals surface area contributed by atoms with Gasteiger partial charge in [0.15, 0.2) is 0 Å². The third kappa shape index (κ3) is 3.71. The molecule has 3 aliphatic carbocycles. The number of nitrogens with zero attached hydrogens (tertiary/aromatic N) is 4. The average molecular weight is 517 g/mol. The minimum Gasteiger partial charge on any atom is -0.393 e. The lowest BCUT2D eigenvalue weighted by Gasteiger charge is -2.40. The minimum atomic E-state index is -3.03. The van der Waals surface area contributed by atoms with Crippen molar-refractivity contribution in [3.05, 3.63) is 24.3 Å². The van der Waals surface area contributed by atoms with E-state index >= 15 is 0 Å². The second kappa shape index (κ2) is 9.07. The Labute approximate surface area is 227 Å². The van der Waals surface area contributed by atoms with Gasteiger partial charge in [-0.1, -0.05) is 25.0 Å². The van der Waals surface area contributed by atoms with Gasteiger partial charge in [-0.15, -0.1) is 0 Å². The maximum atomic E-state index is 13.5. The molecule has 5 fully saturated rings. The molecule has 3 heterocycles. The predicted octanol–water partition coefficient (Wildman–Crippen LogP) is 3.23. The SMILES string of the molecule is [2H]C1([2H])N(C[C@@H]2CCCC[C@H]2CN2C(=O)[C@@H]3[C@@H]4C[C@H]([C@@H]3C2=O)[C@@H](O)C4)C([2H])([2H])C([2H])([2H])N(c2nsc3ccccc23)C1([2H])[2H]. The molecule has 1 N–H and O–H groups in total. The number of piperazine rings is 1. The van der Waals surface area contributed by atoms with Crippen molar-refractivity contribution in [2.45, 2.75) is 44.6 Å². The van der Waals surface area contributed by atoms with E-state index < -0.39 is 49.8 Å². The lowest BCUT2D eigenvalue weighted by Crippen LogP contribution is -2.49.